The van der Waals surface area contributed by atoms with Gasteiger partial charge in [0, 0.05) is 35.6 Å². The second-order valence-corrected chi connectivity index (χ2v) is 6.23. The third kappa shape index (κ3) is 3.68. The van der Waals surface area contributed by atoms with Crippen LogP contribution in [0.1, 0.15) is 27.8 Å². The number of pyridine rings is 1. The first-order valence-corrected chi connectivity index (χ1v) is 8.27. The van der Waals surface area contributed by atoms with Crippen molar-refractivity contribution in [2.45, 2.75) is 13.0 Å². The maximum Gasteiger partial charge on any atom is 0.254 e. The summed E-state index contributed by atoms with van der Waals surface area (Å²) in [7, 11) is 1.87. The standard InChI is InChI=1S/C18H20ClN3O2/c1-12-8-15(20-2)10-16(21-12)17-11-22(6-7-24-17)18(23)13-4-3-5-14(19)9-13/h3-5,8-10,17H,6-7,11H2,1-2H3,(H,20,21). The Bertz CT molecular complexity index is 751. The number of morpholine rings is 1. The molecule has 1 aliphatic heterocycles. The van der Waals surface area contributed by atoms with E-state index in [0.717, 1.165) is 17.1 Å². The molecule has 6 heteroatoms. The van der Waals surface area contributed by atoms with Crippen LogP contribution in [-0.2, 0) is 4.74 Å². The Morgan fingerprint density at radius 3 is 2.96 bits per heavy atom. The van der Waals surface area contributed by atoms with Crippen molar-refractivity contribution in [2.75, 3.05) is 32.1 Å². The van der Waals surface area contributed by atoms with E-state index in [-0.39, 0.29) is 12.0 Å². The second-order valence-electron chi connectivity index (χ2n) is 5.79. The minimum absolute atomic E-state index is 0.0349. The van der Waals surface area contributed by atoms with E-state index in [4.69, 9.17) is 16.3 Å². The first-order valence-electron chi connectivity index (χ1n) is 7.89. The van der Waals surface area contributed by atoms with Crippen molar-refractivity contribution in [2.24, 2.45) is 0 Å². The van der Waals surface area contributed by atoms with Crippen LogP contribution < -0.4 is 5.32 Å². The summed E-state index contributed by atoms with van der Waals surface area (Å²) in [5.74, 6) is -0.0349. The third-order valence-corrected chi connectivity index (χ3v) is 4.25. The summed E-state index contributed by atoms with van der Waals surface area (Å²) in [4.78, 5) is 19.1. The molecule has 1 saturated heterocycles. The number of nitrogens with one attached hydrogen (secondary N) is 1. The van der Waals surface area contributed by atoms with Crippen molar-refractivity contribution in [3.8, 4) is 0 Å². The van der Waals surface area contributed by atoms with Gasteiger partial charge in [-0.1, -0.05) is 17.7 Å². The molecule has 1 N–H and O–H groups in total. The lowest BCUT2D eigenvalue weighted by molar-refractivity contribution is -0.0247. The molecule has 1 amide bonds. The summed E-state index contributed by atoms with van der Waals surface area (Å²) in [6, 6.07) is 11.0. The average molecular weight is 346 g/mol. The number of aromatic nitrogens is 1. The fraction of sp³-hybridized carbons (Fsp3) is 0.333. The normalized spacial score (nSPS) is 17.6. The van der Waals surface area contributed by atoms with Crippen molar-refractivity contribution in [1.82, 2.24) is 9.88 Å². The third-order valence-electron chi connectivity index (χ3n) is 4.02. The molecule has 5 nitrogen and oxygen atoms in total. The fourth-order valence-electron chi connectivity index (χ4n) is 2.82. The molecule has 1 fully saturated rings. The van der Waals surface area contributed by atoms with Crippen molar-refractivity contribution in [3.05, 3.63) is 58.4 Å². The maximum atomic E-state index is 12.7. The molecule has 0 saturated carbocycles. The predicted octanol–water partition coefficient (Wildman–Crippen LogP) is 3.30. The number of aryl methyl sites for hydroxylation is 1. The predicted molar refractivity (Wildman–Crippen MR) is 94.6 cm³/mol. The van der Waals surface area contributed by atoms with Crippen LogP contribution in [0, 0.1) is 6.92 Å². The van der Waals surface area contributed by atoms with Gasteiger partial charge < -0.3 is 15.0 Å². The molecule has 1 unspecified atom stereocenters. The van der Waals surface area contributed by atoms with E-state index >= 15 is 0 Å². The lowest BCUT2D eigenvalue weighted by atomic mass is 10.1. The molecule has 0 aliphatic carbocycles. The van der Waals surface area contributed by atoms with Crippen LogP contribution in [0.5, 0.6) is 0 Å². The van der Waals surface area contributed by atoms with Crippen LogP contribution in [0.25, 0.3) is 0 Å². The number of hydrogen-bond donors (Lipinski definition) is 1. The number of hydrogen-bond acceptors (Lipinski definition) is 4. The number of rotatable bonds is 3. The van der Waals surface area contributed by atoms with Crippen LogP contribution in [0.2, 0.25) is 5.02 Å². The van der Waals surface area contributed by atoms with E-state index < -0.39 is 0 Å². The number of amides is 1. The highest BCUT2D eigenvalue weighted by molar-refractivity contribution is 6.30. The summed E-state index contributed by atoms with van der Waals surface area (Å²) >= 11 is 5.99. The Balaban J connectivity index is 1.79. The summed E-state index contributed by atoms with van der Waals surface area (Å²) in [5, 5.41) is 3.68. The molecule has 1 aliphatic rings. The molecular weight excluding hydrogens is 326 g/mol. The molecule has 24 heavy (non-hydrogen) atoms. The quantitative estimate of drug-likeness (QED) is 0.927. The minimum atomic E-state index is -0.228. The van der Waals surface area contributed by atoms with Gasteiger partial charge >= 0.3 is 0 Å². The van der Waals surface area contributed by atoms with Gasteiger partial charge in [0.1, 0.15) is 6.10 Å². The monoisotopic (exact) mass is 345 g/mol. The van der Waals surface area contributed by atoms with Crippen molar-refractivity contribution in [3.63, 3.8) is 0 Å². The Morgan fingerprint density at radius 1 is 1.38 bits per heavy atom. The largest absolute Gasteiger partial charge is 0.388 e. The number of halogens is 1. The number of nitrogens with zero attached hydrogens (tertiary/aromatic N) is 2. The molecular formula is C18H20ClN3O2. The average Bonchev–Trinajstić information content (AvgIpc) is 2.60. The first-order chi connectivity index (χ1) is 11.6. The SMILES string of the molecule is CNc1cc(C)nc(C2CN(C(=O)c3cccc(Cl)c3)CCO2)c1. The number of benzene rings is 1. The van der Waals surface area contributed by atoms with Gasteiger partial charge in [-0.3, -0.25) is 9.78 Å². The van der Waals surface area contributed by atoms with Crippen LogP contribution in [0.15, 0.2) is 36.4 Å². The van der Waals surface area contributed by atoms with Gasteiger partial charge in [0.25, 0.3) is 5.91 Å². The van der Waals surface area contributed by atoms with Gasteiger partial charge in [-0.25, -0.2) is 0 Å². The lowest BCUT2D eigenvalue weighted by Gasteiger charge is -2.33. The smallest absolute Gasteiger partial charge is 0.254 e. The molecule has 1 aromatic carbocycles. The Hall–Kier alpha value is -2.11. The molecule has 3 rings (SSSR count). The number of carbonyl (C=O) groups excluding carboxylic acids is 1. The highest BCUT2D eigenvalue weighted by Gasteiger charge is 2.27. The minimum Gasteiger partial charge on any atom is -0.388 e. The molecule has 2 aromatic rings. The Morgan fingerprint density at radius 2 is 2.21 bits per heavy atom. The van der Waals surface area contributed by atoms with Crippen LogP contribution in [0.4, 0.5) is 5.69 Å². The molecule has 0 bridgehead atoms. The van der Waals surface area contributed by atoms with E-state index in [1.165, 1.54) is 0 Å². The highest BCUT2D eigenvalue weighted by atomic mass is 35.5. The Kier molecular flexibility index (Phi) is 5.02. The van der Waals surface area contributed by atoms with E-state index in [0.29, 0.717) is 30.3 Å². The van der Waals surface area contributed by atoms with Gasteiger partial charge in [-0.15, -0.1) is 0 Å². The van der Waals surface area contributed by atoms with E-state index in [2.05, 4.69) is 10.3 Å². The van der Waals surface area contributed by atoms with Gasteiger partial charge in [0.05, 0.1) is 18.8 Å². The number of anilines is 1. The molecule has 0 spiro atoms. The van der Waals surface area contributed by atoms with E-state index in [9.17, 15) is 4.79 Å². The van der Waals surface area contributed by atoms with Gasteiger partial charge in [-0.05, 0) is 37.3 Å². The zero-order chi connectivity index (χ0) is 17.1. The fourth-order valence-corrected chi connectivity index (χ4v) is 3.01. The zero-order valence-electron chi connectivity index (χ0n) is 13.8. The summed E-state index contributed by atoms with van der Waals surface area (Å²) in [5.41, 5.74) is 3.33. The zero-order valence-corrected chi connectivity index (χ0v) is 14.5. The van der Waals surface area contributed by atoms with Gasteiger partial charge in [0.15, 0.2) is 0 Å². The molecule has 2 heterocycles. The van der Waals surface area contributed by atoms with Crippen LogP contribution >= 0.6 is 11.6 Å². The van der Waals surface area contributed by atoms with Crippen molar-refractivity contribution < 1.29 is 9.53 Å². The Labute approximate surface area is 146 Å². The van der Waals surface area contributed by atoms with E-state index in [1.807, 2.05) is 26.1 Å². The van der Waals surface area contributed by atoms with Gasteiger partial charge in [0.2, 0.25) is 0 Å². The second kappa shape index (κ2) is 7.20. The lowest BCUT2D eigenvalue weighted by Crippen LogP contribution is -2.42. The number of carbonyl (C=O) groups is 1. The highest BCUT2D eigenvalue weighted by Crippen LogP contribution is 2.25. The summed E-state index contributed by atoms with van der Waals surface area (Å²) in [6.45, 7) is 3.47. The van der Waals surface area contributed by atoms with E-state index in [1.54, 1.807) is 29.2 Å². The molecule has 126 valence electrons. The maximum absolute atomic E-state index is 12.7. The molecule has 1 aromatic heterocycles. The first kappa shape index (κ1) is 16.7. The summed E-state index contributed by atoms with van der Waals surface area (Å²) in [6.07, 6.45) is -0.228. The molecule has 0 radical (unpaired) electrons. The van der Waals surface area contributed by atoms with Gasteiger partial charge in [-0.2, -0.15) is 0 Å². The number of ether oxygens (including phenoxy) is 1. The van der Waals surface area contributed by atoms with Crippen LogP contribution in [0.3, 0.4) is 0 Å². The summed E-state index contributed by atoms with van der Waals surface area (Å²) < 4.78 is 5.85. The topological polar surface area (TPSA) is 54.5 Å². The van der Waals surface area contributed by atoms with Crippen molar-refractivity contribution >= 4 is 23.2 Å². The van der Waals surface area contributed by atoms with Crippen LogP contribution in [-0.4, -0.2) is 42.5 Å². The molecule has 1 atom stereocenters. The van der Waals surface area contributed by atoms with Crippen molar-refractivity contribution in [1.29, 1.82) is 0 Å².